The Kier molecular flexibility index (Phi) is 7.43. The molecule has 4 rings (SSSR count). The first-order valence-corrected chi connectivity index (χ1v) is 12.4. The third-order valence-corrected chi connectivity index (χ3v) is 7.31. The average molecular weight is 479 g/mol. The largest absolute Gasteiger partial charge is 0.481 e. The molecule has 2 amide bonds. The molecule has 2 N–H and O–H groups in total. The molecule has 1 saturated heterocycles. The molecule has 3 atom stereocenters. The second-order valence-electron chi connectivity index (χ2n) is 9.99. The maximum absolute atomic E-state index is 13.3. The van der Waals surface area contributed by atoms with Gasteiger partial charge in [-0.3, -0.25) is 9.59 Å². The van der Waals surface area contributed by atoms with Crippen LogP contribution >= 0.6 is 0 Å². The number of hydrogen-bond acceptors (Lipinski definition) is 4. The first kappa shape index (κ1) is 24.8. The predicted octanol–water partition coefficient (Wildman–Crippen LogP) is 4.51. The third kappa shape index (κ3) is 5.19. The van der Waals surface area contributed by atoms with Crippen molar-refractivity contribution in [2.45, 2.75) is 45.6 Å². The van der Waals surface area contributed by atoms with E-state index in [2.05, 4.69) is 29.6 Å². The Hall–Kier alpha value is -3.35. The molecule has 1 fully saturated rings. The lowest BCUT2D eigenvalue weighted by Crippen LogP contribution is -2.51. The summed E-state index contributed by atoms with van der Waals surface area (Å²) in [7, 11) is 0. The highest BCUT2D eigenvalue weighted by molar-refractivity contribution is 5.82. The van der Waals surface area contributed by atoms with E-state index in [9.17, 15) is 19.5 Å². The van der Waals surface area contributed by atoms with Crippen LogP contribution in [0.1, 0.15) is 50.7 Å². The Balaban J connectivity index is 1.39. The van der Waals surface area contributed by atoms with Crippen LogP contribution in [0.4, 0.5) is 4.79 Å². The average Bonchev–Trinajstić information content (AvgIpc) is 3.16. The Labute approximate surface area is 206 Å². The van der Waals surface area contributed by atoms with Gasteiger partial charge < -0.3 is 20.1 Å². The zero-order valence-electron chi connectivity index (χ0n) is 20.6. The van der Waals surface area contributed by atoms with Crippen molar-refractivity contribution in [3.63, 3.8) is 0 Å². The number of rotatable bonds is 7. The van der Waals surface area contributed by atoms with E-state index in [0.29, 0.717) is 19.4 Å². The van der Waals surface area contributed by atoms with Crippen molar-refractivity contribution in [2.75, 3.05) is 19.7 Å². The number of aliphatic carboxylic acids is 1. The number of carbonyl (C=O) groups is 3. The number of amides is 2. The van der Waals surface area contributed by atoms with Gasteiger partial charge in [-0.25, -0.2) is 4.79 Å². The fourth-order valence-corrected chi connectivity index (χ4v) is 5.58. The Morgan fingerprint density at radius 2 is 1.63 bits per heavy atom. The molecular formula is C28H34N2O5. The molecule has 2 aromatic rings. The van der Waals surface area contributed by atoms with Crippen LogP contribution < -0.4 is 5.32 Å². The van der Waals surface area contributed by atoms with Crippen LogP contribution in [-0.4, -0.2) is 53.7 Å². The van der Waals surface area contributed by atoms with Crippen LogP contribution in [0.15, 0.2) is 48.5 Å². The summed E-state index contributed by atoms with van der Waals surface area (Å²) in [6.45, 7) is 6.66. The maximum atomic E-state index is 13.3. The van der Waals surface area contributed by atoms with Crippen molar-refractivity contribution in [1.29, 1.82) is 0 Å². The van der Waals surface area contributed by atoms with Gasteiger partial charge in [0.2, 0.25) is 5.91 Å². The number of hydrogen-bond donors (Lipinski definition) is 2. The number of benzene rings is 2. The van der Waals surface area contributed by atoms with Crippen LogP contribution in [0.2, 0.25) is 0 Å². The van der Waals surface area contributed by atoms with E-state index in [-0.39, 0.29) is 30.9 Å². The lowest BCUT2D eigenvalue weighted by atomic mass is 9.86. The Morgan fingerprint density at radius 3 is 2.20 bits per heavy atom. The third-order valence-electron chi connectivity index (χ3n) is 7.31. The fourth-order valence-electron chi connectivity index (χ4n) is 5.58. The molecule has 35 heavy (non-hydrogen) atoms. The molecule has 2 aliphatic rings. The van der Waals surface area contributed by atoms with Gasteiger partial charge in [-0.1, -0.05) is 62.4 Å². The summed E-state index contributed by atoms with van der Waals surface area (Å²) >= 11 is 0. The topological polar surface area (TPSA) is 95.9 Å². The smallest absolute Gasteiger partial charge is 0.407 e. The number of alkyl carbamates (subject to hydrolysis) is 1. The van der Waals surface area contributed by atoms with Gasteiger partial charge in [0.1, 0.15) is 6.61 Å². The Morgan fingerprint density at radius 1 is 1.03 bits per heavy atom. The highest BCUT2D eigenvalue weighted by Crippen LogP contribution is 2.44. The SMILES string of the molecule is CC(C)C(C(=O)N1CCC[C@H](C(=O)O)C1)C(C)NC(=O)OCC1c2ccccc2-c2ccccc21. The minimum atomic E-state index is -0.867. The molecular weight excluding hydrogens is 444 g/mol. The van der Waals surface area contributed by atoms with Gasteiger partial charge in [0.05, 0.1) is 11.8 Å². The van der Waals surface area contributed by atoms with E-state index in [1.165, 1.54) is 0 Å². The van der Waals surface area contributed by atoms with Crippen LogP contribution in [0, 0.1) is 17.8 Å². The molecule has 1 aliphatic carbocycles. The zero-order valence-corrected chi connectivity index (χ0v) is 20.6. The molecule has 0 bridgehead atoms. The standard InChI is InChI=1S/C28H34N2O5/c1-17(2)25(26(31)30-14-8-9-19(15-30)27(32)33)18(3)29-28(34)35-16-24-22-12-6-4-10-20(22)21-11-5-7-13-23(21)24/h4-7,10-13,17-19,24-25H,8-9,14-16H2,1-3H3,(H,29,34)(H,32,33)/t18?,19-,25?/m0/s1. The molecule has 0 saturated carbocycles. The zero-order chi connectivity index (χ0) is 25.1. The summed E-state index contributed by atoms with van der Waals surface area (Å²) in [5.41, 5.74) is 4.61. The van der Waals surface area contributed by atoms with Gasteiger partial charge >= 0.3 is 12.1 Å². The number of carboxylic acid groups (broad SMARTS) is 1. The normalized spacial score (nSPS) is 19.0. The molecule has 0 radical (unpaired) electrons. The molecule has 0 aromatic heterocycles. The van der Waals surface area contributed by atoms with Crippen molar-refractivity contribution in [3.05, 3.63) is 59.7 Å². The number of ether oxygens (including phenoxy) is 1. The van der Waals surface area contributed by atoms with Gasteiger partial charge in [-0.15, -0.1) is 0 Å². The van der Waals surface area contributed by atoms with Crippen molar-refractivity contribution < 1.29 is 24.2 Å². The van der Waals surface area contributed by atoms with Crippen LogP contribution in [0.3, 0.4) is 0 Å². The molecule has 2 unspecified atom stereocenters. The van der Waals surface area contributed by atoms with E-state index >= 15 is 0 Å². The summed E-state index contributed by atoms with van der Waals surface area (Å²) < 4.78 is 5.66. The van der Waals surface area contributed by atoms with Crippen molar-refractivity contribution in [3.8, 4) is 11.1 Å². The van der Waals surface area contributed by atoms with E-state index in [0.717, 1.165) is 22.3 Å². The van der Waals surface area contributed by atoms with Crippen molar-refractivity contribution >= 4 is 18.0 Å². The van der Waals surface area contributed by atoms with Crippen LogP contribution in [0.25, 0.3) is 11.1 Å². The minimum Gasteiger partial charge on any atom is -0.481 e. The number of nitrogens with one attached hydrogen (secondary N) is 1. The second-order valence-corrected chi connectivity index (χ2v) is 9.99. The quantitative estimate of drug-likeness (QED) is 0.611. The monoisotopic (exact) mass is 478 g/mol. The first-order chi connectivity index (χ1) is 16.8. The number of carbonyl (C=O) groups excluding carboxylic acids is 2. The van der Waals surface area contributed by atoms with Crippen LogP contribution in [0.5, 0.6) is 0 Å². The summed E-state index contributed by atoms with van der Waals surface area (Å²) in [6, 6.07) is 15.9. The fraction of sp³-hybridized carbons (Fsp3) is 0.464. The van der Waals surface area contributed by atoms with E-state index in [1.807, 2.05) is 45.0 Å². The summed E-state index contributed by atoms with van der Waals surface area (Å²) in [5, 5.41) is 12.2. The van der Waals surface area contributed by atoms with E-state index < -0.39 is 29.9 Å². The van der Waals surface area contributed by atoms with Gasteiger partial charge in [-0.2, -0.15) is 0 Å². The highest BCUT2D eigenvalue weighted by Gasteiger charge is 2.36. The Bertz CT molecular complexity index is 1050. The van der Waals surface area contributed by atoms with Crippen molar-refractivity contribution in [2.24, 2.45) is 17.8 Å². The van der Waals surface area contributed by atoms with Gasteiger partial charge in [0.25, 0.3) is 0 Å². The molecule has 186 valence electrons. The second kappa shape index (κ2) is 10.5. The van der Waals surface area contributed by atoms with Crippen LogP contribution in [-0.2, 0) is 14.3 Å². The number of likely N-dealkylation sites (tertiary alicyclic amines) is 1. The van der Waals surface area contributed by atoms with E-state index in [4.69, 9.17) is 4.74 Å². The van der Waals surface area contributed by atoms with Crippen molar-refractivity contribution in [1.82, 2.24) is 10.2 Å². The molecule has 7 heteroatoms. The highest BCUT2D eigenvalue weighted by atomic mass is 16.5. The number of piperidine rings is 1. The summed E-state index contributed by atoms with van der Waals surface area (Å²) in [4.78, 5) is 39.1. The first-order valence-electron chi connectivity index (χ1n) is 12.4. The number of carboxylic acids is 1. The number of nitrogens with zero attached hydrogens (tertiary/aromatic N) is 1. The number of fused-ring (bicyclic) bond motifs is 3. The van der Waals surface area contributed by atoms with E-state index in [1.54, 1.807) is 4.90 Å². The molecule has 0 spiro atoms. The predicted molar refractivity (Wildman–Crippen MR) is 133 cm³/mol. The molecule has 2 aromatic carbocycles. The minimum absolute atomic E-state index is 0.0309. The maximum Gasteiger partial charge on any atom is 0.407 e. The lowest BCUT2D eigenvalue weighted by molar-refractivity contribution is -0.147. The molecule has 1 heterocycles. The lowest BCUT2D eigenvalue weighted by Gasteiger charge is -2.36. The van der Waals surface area contributed by atoms with Gasteiger partial charge in [0.15, 0.2) is 0 Å². The van der Waals surface area contributed by atoms with Gasteiger partial charge in [-0.05, 0) is 47.9 Å². The summed E-state index contributed by atoms with van der Waals surface area (Å²) in [6.07, 6.45) is 0.695. The van der Waals surface area contributed by atoms with Gasteiger partial charge in [0, 0.05) is 25.0 Å². The summed E-state index contributed by atoms with van der Waals surface area (Å²) in [5.74, 6) is -2.05. The molecule has 1 aliphatic heterocycles. The molecule has 7 nitrogen and oxygen atoms in total.